The Morgan fingerprint density at radius 1 is 1.00 bits per heavy atom. The third-order valence-corrected chi connectivity index (χ3v) is 1.47. The van der Waals surface area contributed by atoms with Crippen LogP contribution >= 0.6 is 0 Å². The van der Waals surface area contributed by atoms with Crippen molar-refractivity contribution in [1.82, 2.24) is 4.90 Å². The molecule has 5 nitrogen and oxygen atoms in total. The quantitative estimate of drug-likeness (QED) is 0.297. The lowest BCUT2D eigenvalue weighted by molar-refractivity contribution is 0.207. The number of aliphatic hydroxyl groups is 3. The highest BCUT2D eigenvalue weighted by Crippen LogP contribution is 1.93. The molecular formula is C7H16N2O3. The maximum Gasteiger partial charge on any atom is 0.0982 e. The number of hydrogen-bond acceptors (Lipinski definition) is 4. The van der Waals surface area contributed by atoms with Crippen LogP contribution in [0.25, 0.3) is 0 Å². The van der Waals surface area contributed by atoms with E-state index in [4.69, 9.17) is 20.7 Å². The first kappa shape index (κ1) is 11.4. The fourth-order valence-electron chi connectivity index (χ4n) is 0.887. The fourth-order valence-corrected chi connectivity index (χ4v) is 0.887. The lowest BCUT2D eigenvalue weighted by atomic mass is 10.3. The van der Waals surface area contributed by atoms with Gasteiger partial charge in [-0.2, -0.15) is 0 Å². The third kappa shape index (κ3) is 4.27. The van der Waals surface area contributed by atoms with Gasteiger partial charge in [0.25, 0.3) is 0 Å². The molecule has 0 aliphatic rings. The second kappa shape index (κ2) is 7.02. The second-order valence-corrected chi connectivity index (χ2v) is 2.35. The van der Waals surface area contributed by atoms with Crippen LogP contribution in [-0.2, 0) is 0 Å². The van der Waals surface area contributed by atoms with Crippen LogP contribution in [0.5, 0.6) is 0 Å². The number of nitrogens with one attached hydrogen (secondary N) is 1. The van der Waals surface area contributed by atoms with Crippen LogP contribution in [0.2, 0.25) is 0 Å². The Morgan fingerprint density at radius 3 is 1.83 bits per heavy atom. The third-order valence-electron chi connectivity index (χ3n) is 1.47. The van der Waals surface area contributed by atoms with Crippen LogP contribution < -0.4 is 0 Å². The standard InChI is InChI=1S/C7H16N2O3/c8-7(1-4-10)9(2-5-11)3-6-12/h8,10-12H,1-6H2. The van der Waals surface area contributed by atoms with Gasteiger partial charge < -0.3 is 20.2 Å². The van der Waals surface area contributed by atoms with Crippen molar-refractivity contribution in [2.45, 2.75) is 6.42 Å². The van der Waals surface area contributed by atoms with Crippen molar-refractivity contribution in [2.24, 2.45) is 0 Å². The summed E-state index contributed by atoms with van der Waals surface area (Å²) in [7, 11) is 0. The molecule has 0 aromatic rings. The van der Waals surface area contributed by atoms with Gasteiger partial charge in [0, 0.05) is 19.5 Å². The van der Waals surface area contributed by atoms with E-state index in [1.54, 1.807) is 0 Å². The molecule has 0 bridgehead atoms. The van der Waals surface area contributed by atoms with Gasteiger partial charge in [-0.05, 0) is 0 Å². The van der Waals surface area contributed by atoms with Crippen molar-refractivity contribution in [3.63, 3.8) is 0 Å². The van der Waals surface area contributed by atoms with E-state index in [1.807, 2.05) is 0 Å². The molecule has 0 saturated carbocycles. The summed E-state index contributed by atoms with van der Waals surface area (Å²) in [5, 5.41) is 33.1. The van der Waals surface area contributed by atoms with Crippen LogP contribution in [0.3, 0.4) is 0 Å². The van der Waals surface area contributed by atoms with Gasteiger partial charge in [-0.3, -0.25) is 5.41 Å². The normalized spacial score (nSPS) is 9.92. The minimum absolute atomic E-state index is 0.0478. The zero-order chi connectivity index (χ0) is 9.40. The largest absolute Gasteiger partial charge is 0.396 e. The summed E-state index contributed by atoms with van der Waals surface area (Å²) < 4.78 is 0. The van der Waals surface area contributed by atoms with E-state index in [0.717, 1.165) is 0 Å². The average Bonchev–Trinajstić information content (AvgIpc) is 2.04. The molecule has 0 fully saturated rings. The van der Waals surface area contributed by atoms with Crippen molar-refractivity contribution in [2.75, 3.05) is 32.9 Å². The SMILES string of the molecule is N=C(CCO)N(CCO)CCO. The van der Waals surface area contributed by atoms with Gasteiger partial charge >= 0.3 is 0 Å². The zero-order valence-electron chi connectivity index (χ0n) is 7.03. The molecule has 5 heteroatoms. The Balaban J connectivity index is 3.81. The first-order valence-corrected chi connectivity index (χ1v) is 3.91. The Morgan fingerprint density at radius 2 is 1.50 bits per heavy atom. The van der Waals surface area contributed by atoms with Gasteiger partial charge in [-0.1, -0.05) is 0 Å². The molecule has 0 rings (SSSR count). The molecule has 0 amide bonds. The maximum absolute atomic E-state index is 8.60. The van der Waals surface area contributed by atoms with Crippen LogP contribution in [-0.4, -0.2) is 59.0 Å². The fraction of sp³-hybridized carbons (Fsp3) is 0.857. The molecule has 0 atom stereocenters. The molecular weight excluding hydrogens is 160 g/mol. The maximum atomic E-state index is 8.60. The molecule has 0 aromatic carbocycles. The predicted molar refractivity (Wildman–Crippen MR) is 45.2 cm³/mol. The molecule has 0 aromatic heterocycles. The Kier molecular flexibility index (Phi) is 6.64. The van der Waals surface area contributed by atoms with E-state index in [-0.39, 0.29) is 32.1 Å². The van der Waals surface area contributed by atoms with Crippen LogP contribution in [0.1, 0.15) is 6.42 Å². The minimum Gasteiger partial charge on any atom is -0.396 e. The Bertz CT molecular complexity index is 124. The number of hydrogen-bond donors (Lipinski definition) is 4. The average molecular weight is 176 g/mol. The molecule has 0 heterocycles. The van der Waals surface area contributed by atoms with E-state index in [2.05, 4.69) is 0 Å². The summed E-state index contributed by atoms with van der Waals surface area (Å²) in [6.45, 7) is 0.493. The summed E-state index contributed by atoms with van der Waals surface area (Å²) in [6, 6.07) is 0. The van der Waals surface area contributed by atoms with E-state index < -0.39 is 0 Å². The van der Waals surface area contributed by atoms with E-state index in [1.165, 1.54) is 4.90 Å². The van der Waals surface area contributed by atoms with Crippen LogP contribution in [0.4, 0.5) is 0 Å². The van der Waals surface area contributed by atoms with Gasteiger partial charge in [0.1, 0.15) is 0 Å². The lowest BCUT2D eigenvalue weighted by Crippen LogP contribution is -2.35. The summed E-state index contributed by atoms with van der Waals surface area (Å²) in [4.78, 5) is 1.54. The molecule has 0 unspecified atom stereocenters. The molecule has 4 N–H and O–H groups in total. The van der Waals surface area contributed by atoms with E-state index >= 15 is 0 Å². The van der Waals surface area contributed by atoms with Gasteiger partial charge in [0.15, 0.2) is 0 Å². The number of rotatable bonds is 6. The first-order valence-electron chi connectivity index (χ1n) is 3.91. The summed E-state index contributed by atoms with van der Waals surface area (Å²) in [5.74, 6) is 0.251. The minimum atomic E-state index is -0.0772. The Labute approximate surface area is 71.8 Å². The van der Waals surface area contributed by atoms with Gasteiger partial charge in [-0.15, -0.1) is 0 Å². The van der Waals surface area contributed by atoms with Crippen molar-refractivity contribution in [3.8, 4) is 0 Å². The molecule has 0 saturated heterocycles. The first-order chi connectivity index (χ1) is 5.76. The van der Waals surface area contributed by atoms with Crippen molar-refractivity contribution in [1.29, 1.82) is 5.41 Å². The highest BCUT2D eigenvalue weighted by molar-refractivity contribution is 5.79. The highest BCUT2D eigenvalue weighted by Gasteiger charge is 2.06. The predicted octanol–water partition coefficient (Wildman–Crippen LogP) is -1.37. The van der Waals surface area contributed by atoms with Crippen molar-refractivity contribution < 1.29 is 15.3 Å². The van der Waals surface area contributed by atoms with Crippen molar-refractivity contribution >= 4 is 5.84 Å². The molecule has 12 heavy (non-hydrogen) atoms. The van der Waals surface area contributed by atoms with Gasteiger partial charge in [0.2, 0.25) is 0 Å². The lowest BCUT2D eigenvalue weighted by Gasteiger charge is -2.22. The smallest absolute Gasteiger partial charge is 0.0982 e. The van der Waals surface area contributed by atoms with Crippen LogP contribution in [0.15, 0.2) is 0 Å². The van der Waals surface area contributed by atoms with Gasteiger partial charge in [0.05, 0.1) is 25.7 Å². The molecule has 72 valence electrons. The van der Waals surface area contributed by atoms with E-state index in [9.17, 15) is 0 Å². The molecule has 0 aliphatic carbocycles. The number of nitrogens with zero attached hydrogens (tertiary/aromatic N) is 1. The molecule has 0 spiro atoms. The second-order valence-electron chi connectivity index (χ2n) is 2.35. The molecule has 0 radical (unpaired) electrons. The summed E-state index contributed by atoms with van der Waals surface area (Å²) in [5.41, 5.74) is 0. The monoisotopic (exact) mass is 176 g/mol. The van der Waals surface area contributed by atoms with E-state index in [0.29, 0.717) is 13.1 Å². The highest BCUT2D eigenvalue weighted by atomic mass is 16.3. The van der Waals surface area contributed by atoms with Gasteiger partial charge in [-0.25, -0.2) is 0 Å². The number of aliphatic hydroxyl groups excluding tert-OH is 3. The summed E-state index contributed by atoms with van der Waals surface area (Å²) >= 11 is 0. The topological polar surface area (TPSA) is 87.8 Å². The Hall–Kier alpha value is -0.650. The summed E-state index contributed by atoms with van der Waals surface area (Å²) in [6.07, 6.45) is 0.264. The van der Waals surface area contributed by atoms with Crippen molar-refractivity contribution in [3.05, 3.63) is 0 Å². The molecule has 0 aliphatic heterocycles. The zero-order valence-corrected chi connectivity index (χ0v) is 7.03. The number of amidine groups is 1. The van der Waals surface area contributed by atoms with Crippen LogP contribution in [0, 0.1) is 5.41 Å².